The second-order valence-electron chi connectivity index (χ2n) is 5.03. The summed E-state index contributed by atoms with van der Waals surface area (Å²) in [6.07, 6.45) is 2.12. The van der Waals surface area contributed by atoms with E-state index < -0.39 is 6.17 Å². The normalized spacial score (nSPS) is 20.4. The standard InChI is InChI=1S/C16H24FNO2/c1-3-19-14-9-8-12(11-15(14)20-4-2)16(17)13-7-5-6-10-18-13/h8-9,11,13,16,18H,3-7,10H2,1-2H3. The summed E-state index contributed by atoms with van der Waals surface area (Å²) >= 11 is 0. The molecular weight excluding hydrogens is 257 g/mol. The van der Waals surface area contributed by atoms with E-state index in [1.54, 1.807) is 18.2 Å². The van der Waals surface area contributed by atoms with Crippen LogP contribution in [0.25, 0.3) is 0 Å². The van der Waals surface area contributed by atoms with Crippen LogP contribution in [0.5, 0.6) is 11.5 Å². The van der Waals surface area contributed by atoms with E-state index in [4.69, 9.17) is 9.47 Å². The minimum atomic E-state index is -0.995. The van der Waals surface area contributed by atoms with Gasteiger partial charge in [0.15, 0.2) is 11.5 Å². The Morgan fingerprint density at radius 2 is 1.95 bits per heavy atom. The van der Waals surface area contributed by atoms with Crippen LogP contribution in [-0.2, 0) is 0 Å². The third-order valence-corrected chi connectivity index (χ3v) is 3.59. The molecule has 0 aromatic heterocycles. The summed E-state index contributed by atoms with van der Waals surface area (Å²) in [4.78, 5) is 0. The summed E-state index contributed by atoms with van der Waals surface area (Å²) in [7, 11) is 0. The molecular formula is C16H24FNO2. The van der Waals surface area contributed by atoms with Crippen molar-refractivity contribution in [1.29, 1.82) is 0 Å². The molecule has 20 heavy (non-hydrogen) atoms. The van der Waals surface area contributed by atoms with Crippen LogP contribution >= 0.6 is 0 Å². The molecule has 1 saturated heterocycles. The number of hydrogen-bond acceptors (Lipinski definition) is 3. The van der Waals surface area contributed by atoms with Gasteiger partial charge in [0.05, 0.1) is 13.2 Å². The summed E-state index contributed by atoms with van der Waals surface area (Å²) in [5.41, 5.74) is 0.663. The van der Waals surface area contributed by atoms with E-state index in [9.17, 15) is 4.39 Å². The molecule has 1 fully saturated rings. The zero-order valence-corrected chi connectivity index (χ0v) is 12.3. The first kappa shape index (κ1) is 15.1. The van der Waals surface area contributed by atoms with Gasteiger partial charge in [-0.25, -0.2) is 4.39 Å². The number of nitrogens with one attached hydrogen (secondary N) is 1. The highest BCUT2D eigenvalue weighted by molar-refractivity contribution is 5.44. The van der Waals surface area contributed by atoms with Crippen LogP contribution in [0.2, 0.25) is 0 Å². The third-order valence-electron chi connectivity index (χ3n) is 3.59. The van der Waals surface area contributed by atoms with Crippen LogP contribution < -0.4 is 14.8 Å². The lowest BCUT2D eigenvalue weighted by molar-refractivity contribution is 0.219. The number of benzene rings is 1. The minimum absolute atomic E-state index is 0.0869. The Bertz CT molecular complexity index is 419. The monoisotopic (exact) mass is 281 g/mol. The average molecular weight is 281 g/mol. The molecule has 3 nitrogen and oxygen atoms in total. The molecule has 0 radical (unpaired) electrons. The smallest absolute Gasteiger partial charge is 0.161 e. The molecule has 0 aliphatic carbocycles. The van der Waals surface area contributed by atoms with Gasteiger partial charge >= 0.3 is 0 Å². The SMILES string of the molecule is CCOc1ccc(C(F)C2CCCCN2)cc1OCC. The molecule has 4 heteroatoms. The van der Waals surface area contributed by atoms with Gasteiger partial charge in [0.1, 0.15) is 6.17 Å². The van der Waals surface area contributed by atoms with Crippen molar-refractivity contribution in [3.63, 3.8) is 0 Å². The van der Waals surface area contributed by atoms with Crippen molar-refractivity contribution >= 4 is 0 Å². The van der Waals surface area contributed by atoms with Gasteiger partial charge in [-0.3, -0.25) is 0 Å². The molecule has 0 spiro atoms. The van der Waals surface area contributed by atoms with Crippen LogP contribution in [0.3, 0.4) is 0 Å². The van der Waals surface area contributed by atoms with Crippen molar-refractivity contribution in [2.75, 3.05) is 19.8 Å². The molecule has 2 atom stereocenters. The first-order valence-corrected chi connectivity index (χ1v) is 7.53. The van der Waals surface area contributed by atoms with Gasteiger partial charge in [-0.15, -0.1) is 0 Å². The van der Waals surface area contributed by atoms with Gasteiger partial charge in [0.2, 0.25) is 0 Å². The van der Waals surface area contributed by atoms with Crippen LogP contribution in [-0.4, -0.2) is 25.8 Å². The fourth-order valence-electron chi connectivity index (χ4n) is 2.60. The second-order valence-corrected chi connectivity index (χ2v) is 5.03. The van der Waals surface area contributed by atoms with E-state index in [1.165, 1.54) is 0 Å². The van der Waals surface area contributed by atoms with Gasteiger partial charge in [0, 0.05) is 6.04 Å². The molecule has 1 N–H and O–H groups in total. The lowest BCUT2D eigenvalue weighted by Crippen LogP contribution is -2.37. The molecule has 112 valence electrons. The Hall–Kier alpha value is -1.29. The van der Waals surface area contributed by atoms with E-state index in [-0.39, 0.29) is 6.04 Å². The maximum Gasteiger partial charge on any atom is 0.161 e. The van der Waals surface area contributed by atoms with Crippen LogP contribution in [0.15, 0.2) is 18.2 Å². The highest BCUT2D eigenvalue weighted by Crippen LogP contribution is 2.34. The zero-order chi connectivity index (χ0) is 14.4. The molecule has 0 amide bonds. The predicted octanol–water partition coefficient (Wildman–Crippen LogP) is 3.64. The Morgan fingerprint density at radius 1 is 1.20 bits per heavy atom. The second kappa shape index (κ2) is 7.48. The number of piperidine rings is 1. The largest absolute Gasteiger partial charge is 0.490 e. The molecule has 0 saturated carbocycles. The summed E-state index contributed by atoms with van der Waals surface area (Å²) in [5.74, 6) is 1.31. The maximum absolute atomic E-state index is 14.6. The summed E-state index contributed by atoms with van der Waals surface area (Å²) < 4.78 is 25.7. The zero-order valence-electron chi connectivity index (χ0n) is 12.3. The molecule has 2 unspecified atom stereocenters. The van der Waals surface area contributed by atoms with Crippen LogP contribution in [0, 0.1) is 0 Å². The predicted molar refractivity (Wildman–Crippen MR) is 78.3 cm³/mol. The summed E-state index contributed by atoms with van der Waals surface area (Å²) in [6, 6.07) is 5.29. The van der Waals surface area contributed by atoms with Crippen molar-refractivity contribution in [2.24, 2.45) is 0 Å². The first-order chi connectivity index (χ1) is 9.76. The van der Waals surface area contributed by atoms with E-state index in [0.29, 0.717) is 30.3 Å². The summed E-state index contributed by atoms with van der Waals surface area (Å²) in [6.45, 7) is 5.86. The fraction of sp³-hybridized carbons (Fsp3) is 0.625. The van der Waals surface area contributed by atoms with Crippen molar-refractivity contribution in [2.45, 2.75) is 45.3 Å². The van der Waals surface area contributed by atoms with Crippen LogP contribution in [0.1, 0.15) is 44.8 Å². The Kier molecular flexibility index (Phi) is 5.65. The third kappa shape index (κ3) is 3.63. The topological polar surface area (TPSA) is 30.5 Å². The number of rotatable bonds is 6. The number of halogens is 1. The first-order valence-electron chi connectivity index (χ1n) is 7.53. The molecule has 1 aliphatic rings. The van der Waals surface area contributed by atoms with E-state index in [1.807, 2.05) is 13.8 Å². The lowest BCUT2D eigenvalue weighted by Gasteiger charge is -2.27. The van der Waals surface area contributed by atoms with Crippen molar-refractivity contribution in [3.8, 4) is 11.5 Å². The van der Waals surface area contributed by atoms with Gasteiger partial charge in [-0.2, -0.15) is 0 Å². The quantitative estimate of drug-likeness (QED) is 0.863. The summed E-state index contributed by atoms with van der Waals surface area (Å²) in [5, 5.41) is 3.26. The fourth-order valence-corrected chi connectivity index (χ4v) is 2.60. The molecule has 1 aromatic rings. The highest BCUT2D eigenvalue weighted by Gasteiger charge is 2.25. The molecule has 2 rings (SSSR count). The van der Waals surface area contributed by atoms with Crippen molar-refractivity contribution in [3.05, 3.63) is 23.8 Å². The average Bonchev–Trinajstić information content (AvgIpc) is 2.50. The van der Waals surface area contributed by atoms with Gasteiger partial charge in [-0.1, -0.05) is 12.5 Å². The van der Waals surface area contributed by atoms with E-state index in [0.717, 1.165) is 25.8 Å². The number of ether oxygens (including phenoxy) is 2. The Balaban J connectivity index is 2.16. The Morgan fingerprint density at radius 3 is 2.60 bits per heavy atom. The van der Waals surface area contributed by atoms with Gasteiger partial charge in [-0.05, 0) is 50.9 Å². The molecule has 1 aromatic carbocycles. The van der Waals surface area contributed by atoms with Gasteiger partial charge < -0.3 is 14.8 Å². The van der Waals surface area contributed by atoms with Crippen LogP contribution in [0.4, 0.5) is 4.39 Å². The van der Waals surface area contributed by atoms with E-state index in [2.05, 4.69) is 5.32 Å². The highest BCUT2D eigenvalue weighted by atomic mass is 19.1. The van der Waals surface area contributed by atoms with E-state index >= 15 is 0 Å². The van der Waals surface area contributed by atoms with Crippen molar-refractivity contribution < 1.29 is 13.9 Å². The Labute approximate surface area is 120 Å². The minimum Gasteiger partial charge on any atom is -0.490 e. The molecule has 1 heterocycles. The van der Waals surface area contributed by atoms with Crippen molar-refractivity contribution in [1.82, 2.24) is 5.32 Å². The number of alkyl halides is 1. The lowest BCUT2D eigenvalue weighted by atomic mass is 9.96. The number of hydrogen-bond donors (Lipinski definition) is 1. The van der Waals surface area contributed by atoms with Gasteiger partial charge in [0.25, 0.3) is 0 Å². The molecule has 1 aliphatic heterocycles. The molecule has 0 bridgehead atoms. The maximum atomic E-state index is 14.6.